The SMILES string of the molecule is CC(C)Cc1nc(-c2cnc(N3CCC(CCCOc4cc(F)c(C(=O)NCCN)c(F)c4)CC3)nc2)no1.Cl. The molecule has 1 saturated heterocycles. The summed E-state index contributed by atoms with van der Waals surface area (Å²) in [6.45, 7) is 6.52. The first-order valence-corrected chi connectivity index (χ1v) is 13.3. The molecule has 1 fully saturated rings. The lowest BCUT2D eigenvalue weighted by atomic mass is 9.92. The molecule has 0 saturated carbocycles. The highest BCUT2D eigenvalue weighted by molar-refractivity contribution is 5.94. The number of carbonyl (C=O) groups excluding carboxylic acids is 1. The molecule has 2 aromatic heterocycles. The summed E-state index contributed by atoms with van der Waals surface area (Å²) in [5.74, 6) is 0.0300. The van der Waals surface area contributed by atoms with Gasteiger partial charge >= 0.3 is 0 Å². The molecule has 3 aromatic rings. The van der Waals surface area contributed by atoms with Crippen LogP contribution in [0.15, 0.2) is 29.0 Å². The van der Waals surface area contributed by atoms with Gasteiger partial charge in [-0.05, 0) is 37.5 Å². The third-order valence-corrected chi connectivity index (χ3v) is 6.54. The predicted molar refractivity (Wildman–Crippen MR) is 149 cm³/mol. The molecule has 40 heavy (non-hydrogen) atoms. The number of anilines is 1. The number of piperidine rings is 1. The highest BCUT2D eigenvalue weighted by Crippen LogP contribution is 2.26. The van der Waals surface area contributed by atoms with Crippen LogP contribution in [0.3, 0.4) is 0 Å². The summed E-state index contributed by atoms with van der Waals surface area (Å²) in [5.41, 5.74) is 5.39. The summed E-state index contributed by atoms with van der Waals surface area (Å²) >= 11 is 0. The largest absolute Gasteiger partial charge is 0.493 e. The Morgan fingerprint density at radius 3 is 2.50 bits per heavy atom. The molecule has 1 aliphatic heterocycles. The second kappa shape index (κ2) is 14.8. The molecule has 1 amide bonds. The zero-order chi connectivity index (χ0) is 27.8. The van der Waals surface area contributed by atoms with Crippen LogP contribution in [-0.2, 0) is 6.42 Å². The molecule has 0 radical (unpaired) electrons. The smallest absolute Gasteiger partial charge is 0.257 e. The quantitative estimate of drug-likeness (QED) is 0.303. The number of amides is 1. The monoisotopic (exact) mass is 579 g/mol. The van der Waals surface area contributed by atoms with Gasteiger partial charge in [0.15, 0.2) is 0 Å². The molecule has 1 aromatic carbocycles. The normalized spacial score (nSPS) is 13.8. The molecule has 0 bridgehead atoms. The summed E-state index contributed by atoms with van der Waals surface area (Å²) in [6, 6.07) is 2.07. The predicted octanol–water partition coefficient (Wildman–Crippen LogP) is 4.19. The zero-order valence-electron chi connectivity index (χ0n) is 22.7. The highest BCUT2D eigenvalue weighted by Gasteiger charge is 2.22. The first-order chi connectivity index (χ1) is 18.8. The van der Waals surface area contributed by atoms with Crippen LogP contribution < -0.4 is 20.7 Å². The average molecular weight is 580 g/mol. The van der Waals surface area contributed by atoms with Crippen LogP contribution in [0, 0.1) is 23.5 Å². The van der Waals surface area contributed by atoms with Crippen LogP contribution in [0.2, 0.25) is 0 Å². The number of benzene rings is 1. The van der Waals surface area contributed by atoms with Crippen LogP contribution in [0.5, 0.6) is 5.75 Å². The molecule has 0 unspecified atom stereocenters. The number of nitrogens with two attached hydrogens (primary N) is 1. The Morgan fingerprint density at radius 2 is 1.88 bits per heavy atom. The minimum absolute atomic E-state index is 0. The molecule has 0 atom stereocenters. The number of ether oxygens (including phenoxy) is 1. The van der Waals surface area contributed by atoms with Gasteiger partial charge in [0.1, 0.15) is 22.9 Å². The van der Waals surface area contributed by atoms with Crippen LogP contribution >= 0.6 is 12.4 Å². The average Bonchev–Trinajstić information content (AvgIpc) is 3.38. The lowest BCUT2D eigenvalue weighted by Crippen LogP contribution is -2.34. The zero-order valence-corrected chi connectivity index (χ0v) is 23.6. The van der Waals surface area contributed by atoms with Gasteiger partial charge in [0, 0.05) is 57.1 Å². The number of halogens is 3. The number of nitrogens with one attached hydrogen (secondary N) is 1. The molecule has 3 heterocycles. The summed E-state index contributed by atoms with van der Waals surface area (Å²) in [5, 5.41) is 6.39. The number of nitrogens with zero attached hydrogens (tertiary/aromatic N) is 5. The van der Waals surface area contributed by atoms with E-state index in [1.165, 1.54) is 0 Å². The molecule has 4 rings (SSSR count). The van der Waals surface area contributed by atoms with Crippen molar-refractivity contribution < 1.29 is 22.8 Å². The third-order valence-electron chi connectivity index (χ3n) is 6.54. The van der Waals surface area contributed by atoms with E-state index in [1.807, 2.05) is 0 Å². The van der Waals surface area contributed by atoms with Crippen LogP contribution in [-0.4, -0.2) is 58.8 Å². The molecule has 1 aliphatic rings. The Labute approximate surface area is 238 Å². The van der Waals surface area contributed by atoms with E-state index in [2.05, 4.69) is 44.2 Å². The van der Waals surface area contributed by atoms with E-state index in [1.54, 1.807) is 12.4 Å². The van der Waals surface area contributed by atoms with E-state index in [0.717, 1.165) is 62.9 Å². The second-order valence-corrected chi connectivity index (χ2v) is 10.1. The topological polar surface area (TPSA) is 132 Å². The fraction of sp³-hybridized carbons (Fsp3) is 0.519. The fourth-order valence-corrected chi connectivity index (χ4v) is 4.51. The maximum absolute atomic E-state index is 14.3. The summed E-state index contributed by atoms with van der Waals surface area (Å²) in [7, 11) is 0. The Kier molecular flexibility index (Phi) is 11.6. The molecule has 13 heteroatoms. The van der Waals surface area contributed by atoms with Gasteiger partial charge in [-0.25, -0.2) is 18.7 Å². The molecule has 218 valence electrons. The van der Waals surface area contributed by atoms with E-state index < -0.39 is 23.1 Å². The van der Waals surface area contributed by atoms with Crippen molar-refractivity contribution >= 4 is 24.3 Å². The number of aromatic nitrogens is 4. The molecule has 0 aliphatic carbocycles. The first kappa shape index (κ1) is 31.2. The first-order valence-electron chi connectivity index (χ1n) is 13.3. The van der Waals surface area contributed by atoms with Crippen molar-refractivity contribution in [3.63, 3.8) is 0 Å². The highest BCUT2D eigenvalue weighted by atomic mass is 35.5. The van der Waals surface area contributed by atoms with E-state index in [4.69, 9.17) is 15.0 Å². The van der Waals surface area contributed by atoms with Gasteiger partial charge in [-0.3, -0.25) is 4.79 Å². The maximum Gasteiger partial charge on any atom is 0.257 e. The Bertz CT molecular complexity index is 1210. The minimum Gasteiger partial charge on any atom is -0.493 e. The third kappa shape index (κ3) is 8.31. The van der Waals surface area contributed by atoms with Gasteiger partial charge < -0.3 is 25.2 Å². The molecule has 3 N–H and O–H groups in total. The van der Waals surface area contributed by atoms with Crippen LogP contribution in [0.4, 0.5) is 14.7 Å². The number of carbonyl (C=O) groups is 1. The Balaban J connectivity index is 0.00000441. The van der Waals surface area contributed by atoms with Crippen LogP contribution in [0.25, 0.3) is 11.4 Å². The van der Waals surface area contributed by atoms with Gasteiger partial charge in [0.05, 0.1) is 12.2 Å². The van der Waals surface area contributed by atoms with Crippen molar-refractivity contribution in [1.82, 2.24) is 25.4 Å². The van der Waals surface area contributed by atoms with Crippen molar-refractivity contribution in [2.24, 2.45) is 17.6 Å². The van der Waals surface area contributed by atoms with Gasteiger partial charge in [-0.1, -0.05) is 19.0 Å². The fourth-order valence-electron chi connectivity index (χ4n) is 4.51. The van der Waals surface area contributed by atoms with Crippen molar-refractivity contribution in [2.75, 3.05) is 37.7 Å². The van der Waals surface area contributed by atoms with Crippen molar-refractivity contribution in [3.8, 4) is 17.1 Å². The van der Waals surface area contributed by atoms with Crippen LogP contribution in [0.1, 0.15) is 55.8 Å². The minimum atomic E-state index is -0.963. The Morgan fingerprint density at radius 1 is 1.20 bits per heavy atom. The maximum atomic E-state index is 14.3. The number of rotatable bonds is 12. The number of hydrogen-bond donors (Lipinski definition) is 2. The lowest BCUT2D eigenvalue weighted by molar-refractivity contribution is 0.0946. The van der Waals surface area contributed by atoms with Gasteiger partial charge in [-0.2, -0.15) is 4.98 Å². The molecular formula is C27H36ClF2N7O3. The van der Waals surface area contributed by atoms with Crippen molar-refractivity contribution in [2.45, 2.75) is 46.0 Å². The molecular weight excluding hydrogens is 544 g/mol. The van der Waals surface area contributed by atoms with Gasteiger partial charge in [-0.15, -0.1) is 12.4 Å². The Hall–Kier alpha value is -3.38. The van der Waals surface area contributed by atoms with Gasteiger partial charge in [0.25, 0.3) is 5.91 Å². The van der Waals surface area contributed by atoms with E-state index in [-0.39, 0.29) is 31.2 Å². The van der Waals surface area contributed by atoms with Crippen molar-refractivity contribution in [1.29, 1.82) is 0 Å². The van der Waals surface area contributed by atoms with E-state index in [9.17, 15) is 13.6 Å². The number of hydrogen-bond acceptors (Lipinski definition) is 9. The van der Waals surface area contributed by atoms with Gasteiger partial charge in [0.2, 0.25) is 17.7 Å². The van der Waals surface area contributed by atoms with E-state index in [0.29, 0.717) is 36.1 Å². The summed E-state index contributed by atoms with van der Waals surface area (Å²) < 4.78 is 39.4. The van der Waals surface area contributed by atoms with Crippen molar-refractivity contribution in [3.05, 3.63) is 47.6 Å². The second-order valence-electron chi connectivity index (χ2n) is 10.1. The summed E-state index contributed by atoms with van der Waals surface area (Å²) in [6.07, 6.45) is 7.85. The molecule has 10 nitrogen and oxygen atoms in total. The summed E-state index contributed by atoms with van der Waals surface area (Å²) in [4.78, 5) is 27.5. The van der Waals surface area contributed by atoms with E-state index >= 15 is 0 Å². The standard InChI is InChI=1S/C27H35F2N7O3.ClH/c1-17(2)12-23-34-25(35-39-23)19-15-32-27(33-16-19)36-9-5-18(6-10-36)4-3-11-38-20-13-21(28)24(22(29)14-20)26(37)31-8-7-30;/h13-18H,3-12,30H2,1-2H3,(H,31,37);1H. The molecule has 0 spiro atoms. The lowest BCUT2D eigenvalue weighted by Gasteiger charge is -2.32.